The van der Waals surface area contributed by atoms with E-state index >= 15 is 0 Å². The van der Waals surface area contributed by atoms with Crippen molar-refractivity contribution in [3.8, 4) is 11.8 Å². The van der Waals surface area contributed by atoms with Gasteiger partial charge in [0.25, 0.3) is 15.6 Å². The molecule has 1 N–H and O–H groups in total. The third-order valence-electron chi connectivity index (χ3n) is 4.28. The van der Waals surface area contributed by atoms with Crippen LogP contribution in [0.1, 0.15) is 11.1 Å². The predicted octanol–water partition coefficient (Wildman–Crippen LogP) is 2.67. The van der Waals surface area contributed by atoms with Crippen molar-refractivity contribution in [1.82, 2.24) is 4.57 Å². The minimum Gasteiger partial charge on any atom is -0.495 e. The SMILES string of the molecule is COc1cc(C#N)ccc1S(=O)(=O)Nc1cc(F)c2c(c1)cc(C)c(=O)n2C. The molecule has 0 saturated heterocycles. The van der Waals surface area contributed by atoms with E-state index in [4.69, 9.17) is 10.00 Å². The molecule has 9 heteroatoms. The Morgan fingerprint density at radius 1 is 1.21 bits per heavy atom. The molecule has 1 aromatic heterocycles. The summed E-state index contributed by atoms with van der Waals surface area (Å²) in [6, 6.07) is 9.73. The van der Waals surface area contributed by atoms with Gasteiger partial charge < -0.3 is 9.30 Å². The molecule has 0 fully saturated rings. The number of rotatable bonds is 4. The number of hydrogen-bond donors (Lipinski definition) is 1. The molecule has 3 rings (SSSR count). The standard InChI is InChI=1S/C19H16FN3O4S/c1-11-6-13-8-14(9-15(20)18(13)23(2)19(11)24)22-28(25,26)17-5-4-12(10-21)7-16(17)27-3/h4-9,22H,1-3H3. The van der Waals surface area contributed by atoms with E-state index in [9.17, 15) is 17.6 Å². The average Bonchev–Trinajstić information content (AvgIpc) is 2.64. The number of pyridine rings is 1. The summed E-state index contributed by atoms with van der Waals surface area (Å²) in [5, 5.41) is 9.32. The van der Waals surface area contributed by atoms with Crippen molar-refractivity contribution < 1.29 is 17.5 Å². The van der Waals surface area contributed by atoms with Gasteiger partial charge in [0.2, 0.25) is 0 Å². The van der Waals surface area contributed by atoms with Gasteiger partial charge in [-0.25, -0.2) is 12.8 Å². The third kappa shape index (κ3) is 3.30. The first-order valence-corrected chi connectivity index (χ1v) is 9.57. The van der Waals surface area contributed by atoms with Crippen LogP contribution in [0, 0.1) is 24.1 Å². The molecule has 0 amide bonds. The molecule has 1 heterocycles. The summed E-state index contributed by atoms with van der Waals surface area (Å²) in [4.78, 5) is 11.8. The molecular weight excluding hydrogens is 385 g/mol. The van der Waals surface area contributed by atoms with Crippen LogP contribution in [0.2, 0.25) is 0 Å². The number of benzene rings is 2. The van der Waals surface area contributed by atoms with Crippen molar-refractivity contribution in [2.24, 2.45) is 7.05 Å². The van der Waals surface area contributed by atoms with Gasteiger partial charge in [0.1, 0.15) is 16.5 Å². The number of aryl methyl sites for hydroxylation is 2. The Bertz CT molecular complexity index is 1310. The Morgan fingerprint density at radius 2 is 1.93 bits per heavy atom. The van der Waals surface area contributed by atoms with Gasteiger partial charge in [-0.1, -0.05) is 0 Å². The monoisotopic (exact) mass is 401 g/mol. The van der Waals surface area contributed by atoms with Gasteiger partial charge in [-0.15, -0.1) is 0 Å². The van der Waals surface area contributed by atoms with Crippen LogP contribution in [0.4, 0.5) is 10.1 Å². The van der Waals surface area contributed by atoms with Crippen LogP contribution in [-0.4, -0.2) is 20.1 Å². The summed E-state index contributed by atoms with van der Waals surface area (Å²) in [6.45, 7) is 1.60. The molecule has 2 aromatic carbocycles. The van der Waals surface area contributed by atoms with Crippen LogP contribution in [-0.2, 0) is 17.1 Å². The Kier molecular flexibility index (Phi) is 4.83. The first kappa shape index (κ1) is 19.4. The van der Waals surface area contributed by atoms with Crippen molar-refractivity contribution >= 4 is 26.6 Å². The van der Waals surface area contributed by atoms with E-state index in [2.05, 4.69) is 4.72 Å². The lowest BCUT2D eigenvalue weighted by Crippen LogP contribution is -2.20. The zero-order valence-electron chi connectivity index (χ0n) is 15.3. The van der Waals surface area contributed by atoms with Crippen LogP contribution >= 0.6 is 0 Å². The number of aromatic nitrogens is 1. The highest BCUT2D eigenvalue weighted by Gasteiger charge is 2.21. The first-order valence-electron chi connectivity index (χ1n) is 8.09. The summed E-state index contributed by atoms with van der Waals surface area (Å²) in [7, 11) is -1.38. The van der Waals surface area contributed by atoms with Gasteiger partial charge in [-0.05, 0) is 37.3 Å². The molecule has 0 spiro atoms. The van der Waals surface area contributed by atoms with Gasteiger partial charge in [0.05, 0.1) is 29.9 Å². The molecule has 3 aromatic rings. The number of fused-ring (bicyclic) bond motifs is 1. The van der Waals surface area contributed by atoms with Crippen LogP contribution in [0.3, 0.4) is 0 Å². The van der Waals surface area contributed by atoms with Gasteiger partial charge >= 0.3 is 0 Å². The lowest BCUT2D eigenvalue weighted by atomic mass is 10.1. The van der Waals surface area contributed by atoms with E-state index in [-0.39, 0.29) is 33.0 Å². The van der Waals surface area contributed by atoms with E-state index in [1.54, 1.807) is 6.92 Å². The quantitative estimate of drug-likeness (QED) is 0.724. The van der Waals surface area contributed by atoms with E-state index in [0.29, 0.717) is 10.9 Å². The van der Waals surface area contributed by atoms with Gasteiger partial charge in [0.15, 0.2) is 0 Å². The summed E-state index contributed by atoms with van der Waals surface area (Å²) in [5.74, 6) is -0.743. The molecule has 0 aliphatic carbocycles. The van der Waals surface area contributed by atoms with Crippen LogP contribution in [0.5, 0.6) is 5.75 Å². The zero-order valence-corrected chi connectivity index (χ0v) is 16.1. The normalized spacial score (nSPS) is 11.2. The molecule has 0 unspecified atom stereocenters. The molecule has 7 nitrogen and oxygen atoms in total. The van der Waals surface area contributed by atoms with E-state index in [1.807, 2.05) is 6.07 Å². The maximum atomic E-state index is 14.6. The van der Waals surface area contributed by atoms with Crippen molar-refractivity contribution in [3.63, 3.8) is 0 Å². The molecule has 0 aliphatic rings. The van der Waals surface area contributed by atoms with E-state index in [0.717, 1.165) is 6.07 Å². The number of hydrogen-bond acceptors (Lipinski definition) is 5. The molecule has 0 aliphatic heterocycles. The predicted molar refractivity (Wildman–Crippen MR) is 102 cm³/mol. The van der Waals surface area contributed by atoms with Crippen LogP contribution in [0.25, 0.3) is 10.9 Å². The fourth-order valence-electron chi connectivity index (χ4n) is 2.97. The number of methoxy groups -OCH3 is 1. The number of ether oxygens (including phenoxy) is 1. The van der Waals surface area contributed by atoms with Crippen LogP contribution < -0.4 is 15.0 Å². The van der Waals surface area contributed by atoms with E-state index in [1.165, 1.54) is 49.1 Å². The lowest BCUT2D eigenvalue weighted by Gasteiger charge is -2.14. The first-order chi connectivity index (χ1) is 13.2. The smallest absolute Gasteiger partial charge is 0.265 e. The minimum absolute atomic E-state index is 0.00513. The third-order valence-corrected chi connectivity index (χ3v) is 5.70. The van der Waals surface area contributed by atoms with Crippen molar-refractivity contribution in [2.75, 3.05) is 11.8 Å². The number of nitrogens with one attached hydrogen (secondary N) is 1. The van der Waals surface area contributed by atoms with Gasteiger partial charge in [-0.2, -0.15) is 5.26 Å². The highest BCUT2D eigenvalue weighted by Crippen LogP contribution is 2.29. The zero-order chi connectivity index (χ0) is 20.6. The number of anilines is 1. The Hall–Kier alpha value is -3.38. The molecule has 0 bridgehead atoms. The fraction of sp³-hybridized carbons (Fsp3) is 0.158. The number of nitrogens with zero attached hydrogens (tertiary/aromatic N) is 2. The van der Waals surface area contributed by atoms with Crippen LogP contribution in [0.15, 0.2) is 46.1 Å². The Labute approximate surface area is 160 Å². The molecule has 0 saturated carbocycles. The summed E-state index contributed by atoms with van der Waals surface area (Å²) < 4.78 is 48.7. The minimum atomic E-state index is -4.11. The number of halogens is 1. The summed E-state index contributed by atoms with van der Waals surface area (Å²) in [6.07, 6.45) is 0. The molecule has 0 radical (unpaired) electrons. The average molecular weight is 401 g/mol. The van der Waals surface area contributed by atoms with Crippen molar-refractivity contribution in [2.45, 2.75) is 11.8 Å². The number of nitriles is 1. The molecular formula is C19H16FN3O4S. The second kappa shape index (κ2) is 6.98. The highest BCUT2D eigenvalue weighted by atomic mass is 32.2. The van der Waals surface area contributed by atoms with Gasteiger partial charge in [-0.3, -0.25) is 9.52 Å². The molecule has 144 valence electrons. The van der Waals surface area contributed by atoms with Crippen molar-refractivity contribution in [1.29, 1.82) is 5.26 Å². The topological polar surface area (TPSA) is 101 Å². The highest BCUT2D eigenvalue weighted by molar-refractivity contribution is 7.92. The van der Waals surface area contributed by atoms with E-state index < -0.39 is 15.8 Å². The lowest BCUT2D eigenvalue weighted by molar-refractivity contribution is 0.403. The maximum Gasteiger partial charge on any atom is 0.265 e. The molecule has 28 heavy (non-hydrogen) atoms. The van der Waals surface area contributed by atoms with Crippen molar-refractivity contribution in [3.05, 3.63) is 63.7 Å². The second-order valence-corrected chi connectivity index (χ2v) is 7.82. The summed E-state index contributed by atoms with van der Waals surface area (Å²) in [5.41, 5.74) is 0.387. The number of sulfonamides is 1. The van der Waals surface area contributed by atoms with Gasteiger partial charge in [0, 0.05) is 24.1 Å². The Morgan fingerprint density at radius 3 is 2.57 bits per heavy atom. The fourth-order valence-corrected chi connectivity index (χ4v) is 4.17. The maximum absolute atomic E-state index is 14.6. The largest absolute Gasteiger partial charge is 0.495 e. The second-order valence-electron chi connectivity index (χ2n) is 6.17. The summed E-state index contributed by atoms with van der Waals surface area (Å²) >= 11 is 0. The molecule has 0 atom stereocenters. The Balaban J connectivity index is 2.11.